The Bertz CT molecular complexity index is 722. The summed E-state index contributed by atoms with van der Waals surface area (Å²) in [6.45, 7) is 2.14. The molecule has 0 amide bonds. The van der Waals surface area contributed by atoms with E-state index in [1.807, 2.05) is 19.1 Å². The van der Waals surface area contributed by atoms with Gasteiger partial charge in [-0.1, -0.05) is 11.6 Å². The summed E-state index contributed by atoms with van der Waals surface area (Å²) < 4.78 is 7.16. The van der Waals surface area contributed by atoms with Crippen LogP contribution in [0.25, 0.3) is 5.82 Å². The predicted molar refractivity (Wildman–Crippen MR) is 75.1 cm³/mol. The Hall–Kier alpha value is -1.94. The second kappa shape index (κ2) is 5.45. The van der Waals surface area contributed by atoms with E-state index >= 15 is 0 Å². The van der Waals surface area contributed by atoms with Crippen molar-refractivity contribution in [1.82, 2.24) is 14.8 Å². The maximum Gasteiger partial charge on any atom is 0.163 e. The normalized spacial score (nSPS) is 21.4. The van der Waals surface area contributed by atoms with E-state index in [0.29, 0.717) is 29.7 Å². The number of aryl methyl sites for hydroxylation is 1. The van der Waals surface area contributed by atoms with Crippen LogP contribution in [-0.2, 0) is 4.74 Å². The maximum atomic E-state index is 9.64. The largest absolute Gasteiger partial charge is 0.391 e. The number of nitriles is 1. The number of pyridine rings is 1. The van der Waals surface area contributed by atoms with Gasteiger partial charge in [0, 0.05) is 17.7 Å². The SMILES string of the molecule is Cc1cc(C#N)nn1-c1nc(Cl)ccc1C1CC(O)CO1. The van der Waals surface area contributed by atoms with Crippen LogP contribution in [0.4, 0.5) is 0 Å². The third-order valence-electron chi connectivity index (χ3n) is 3.40. The molecule has 1 N–H and O–H groups in total. The van der Waals surface area contributed by atoms with Gasteiger partial charge in [0.2, 0.25) is 0 Å². The Labute approximate surface area is 126 Å². The zero-order chi connectivity index (χ0) is 15.0. The third kappa shape index (κ3) is 2.63. The second-order valence-corrected chi connectivity index (χ2v) is 5.34. The van der Waals surface area contributed by atoms with Crippen molar-refractivity contribution in [2.45, 2.75) is 25.6 Å². The van der Waals surface area contributed by atoms with E-state index < -0.39 is 6.10 Å². The van der Waals surface area contributed by atoms with E-state index in [4.69, 9.17) is 21.6 Å². The Morgan fingerprint density at radius 2 is 2.33 bits per heavy atom. The number of aliphatic hydroxyl groups is 1. The fourth-order valence-corrected chi connectivity index (χ4v) is 2.57. The van der Waals surface area contributed by atoms with Crippen LogP contribution in [0.2, 0.25) is 5.15 Å². The summed E-state index contributed by atoms with van der Waals surface area (Å²) >= 11 is 5.99. The average molecular weight is 305 g/mol. The molecule has 6 nitrogen and oxygen atoms in total. The molecule has 1 saturated heterocycles. The zero-order valence-corrected chi connectivity index (χ0v) is 12.1. The highest BCUT2D eigenvalue weighted by Gasteiger charge is 2.28. The van der Waals surface area contributed by atoms with E-state index in [2.05, 4.69) is 10.1 Å². The minimum absolute atomic E-state index is 0.256. The molecule has 2 aromatic rings. The van der Waals surface area contributed by atoms with Gasteiger partial charge in [0.1, 0.15) is 11.2 Å². The lowest BCUT2D eigenvalue weighted by Crippen LogP contribution is -2.10. The van der Waals surface area contributed by atoms with Gasteiger partial charge in [0.15, 0.2) is 11.5 Å². The molecular weight excluding hydrogens is 292 g/mol. The molecule has 2 unspecified atom stereocenters. The zero-order valence-electron chi connectivity index (χ0n) is 11.3. The van der Waals surface area contributed by atoms with Crippen LogP contribution in [0.3, 0.4) is 0 Å². The van der Waals surface area contributed by atoms with Crippen molar-refractivity contribution < 1.29 is 9.84 Å². The molecule has 0 spiro atoms. The molecule has 3 rings (SSSR count). The molecule has 21 heavy (non-hydrogen) atoms. The number of hydrogen-bond donors (Lipinski definition) is 1. The highest BCUT2D eigenvalue weighted by molar-refractivity contribution is 6.29. The summed E-state index contributed by atoms with van der Waals surface area (Å²) in [5, 5.41) is 23.1. The van der Waals surface area contributed by atoms with Crippen LogP contribution in [0, 0.1) is 18.3 Å². The summed E-state index contributed by atoms with van der Waals surface area (Å²) in [4.78, 5) is 4.32. The minimum Gasteiger partial charge on any atom is -0.391 e. The van der Waals surface area contributed by atoms with Gasteiger partial charge < -0.3 is 9.84 Å². The van der Waals surface area contributed by atoms with Crippen LogP contribution < -0.4 is 0 Å². The molecule has 108 valence electrons. The van der Waals surface area contributed by atoms with E-state index in [1.165, 1.54) is 0 Å². The highest BCUT2D eigenvalue weighted by Crippen LogP contribution is 2.33. The van der Waals surface area contributed by atoms with E-state index in [-0.39, 0.29) is 6.10 Å². The van der Waals surface area contributed by atoms with Crippen molar-refractivity contribution >= 4 is 11.6 Å². The van der Waals surface area contributed by atoms with Crippen LogP contribution in [0.1, 0.15) is 29.5 Å². The highest BCUT2D eigenvalue weighted by atomic mass is 35.5. The molecule has 0 aliphatic carbocycles. The predicted octanol–water partition coefficient (Wildman–Crippen LogP) is 1.92. The fourth-order valence-electron chi connectivity index (χ4n) is 2.43. The number of aliphatic hydroxyl groups excluding tert-OH is 1. The van der Waals surface area contributed by atoms with Crippen LogP contribution in [-0.4, -0.2) is 32.6 Å². The lowest BCUT2D eigenvalue weighted by atomic mass is 10.1. The van der Waals surface area contributed by atoms with E-state index in [0.717, 1.165) is 11.3 Å². The maximum absolute atomic E-state index is 9.64. The number of aromatic nitrogens is 3. The molecule has 3 heterocycles. The Balaban J connectivity index is 2.10. The average Bonchev–Trinajstić information content (AvgIpc) is 3.04. The molecule has 2 aromatic heterocycles. The third-order valence-corrected chi connectivity index (χ3v) is 3.61. The van der Waals surface area contributed by atoms with Crippen molar-refractivity contribution in [3.05, 3.63) is 40.3 Å². The number of nitrogens with zero attached hydrogens (tertiary/aromatic N) is 4. The van der Waals surface area contributed by atoms with Crippen molar-refractivity contribution in [2.24, 2.45) is 0 Å². The number of rotatable bonds is 2. The van der Waals surface area contributed by atoms with Crippen molar-refractivity contribution in [2.75, 3.05) is 6.61 Å². The number of hydrogen-bond acceptors (Lipinski definition) is 5. The Morgan fingerprint density at radius 3 is 2.95 bits per heavy atom. The van der Waals surface area contributed by atoms with Gasteiger partial charge in [-0.05, 0) is 25.1 Å². The lowest BCUT2D eigenvalue weighted by Gasteiger charge is -2.15. The molecule has 0 bridgehead atoms. The number of halogens is 1. The van der Waals surface area contributed by atoms with Crippen LogP contribution in [0.5, 0.6) is 0 Å². The van der Waals surface area contributed by atoms with Crippen LogP contribution in [0.15, 0.2) is 18.2 Å². The molecule has 0 radical (unpaired) electrons. The topological polar surface area (TPSA) is 84.0 Å². The van der Waals surface area contributed by atoms with Gasteiger partial charge in [-0.15, -0.1) is 0 Å². The first kappa shape index (κ1) is 14.0. The molecule has 1 fully saturated rings. The van der Waals surface area contributed by atoms with E-state index in [1.54, 1.807) is 16.8 Å². The summed E-state index contributed by atoms with van der Waals surface area (Å²) in [7, 11) is 0. The Kier molecular flexibility index (Phi) is 3.64. The minimum atomic E-state index is -0.480. The lowest BCUT2D eigenvalue weighted by molar-refractivity contribution is 0.0886. The first-order valence-electron chi connectivity index (χ1n) is 6.51. The molecule has 0 aromatic carbocycles. The first-order valence-corrected chi connectivity index (χ1v) is 6.89. The molecule has 1 aliphatic rings. The van der Waals surface area contributed by atoms with Gasteiger partial charge in [0.05, 0.1) is 18.8 Å². The van der Waals surface area contributed by atoms with Gasteiger partial charge >= 0.3 is 0 Å². The summed E-state index contributed by atoms with van der Waals surface area (Å²) in [6.07, 6.45) is -0.234. The molecule has 2 atom stereocenters. The fraction of sp³-hybridized carbons (Fsp3) is 0.357. The number of ether oxygens (including phenoxy) is 1. The monoisotopic (exact) mass is 304 g/mol. The quantitative estimate of drug-likeness (QED) is 0.857. The standard InChI is InChI=1S/C14H13ClN4O2/c1-8-4-9(6-16)18-19(8)14-11(2-3-13(15)17-14)12-5-10(20)7-21-12/h2-4,10,12,20H,5,7H2,1H3. The summed E-state index contributed by atoms with van der Waals surface area (Å²) in [5.74, 6) is 0.528. The second-order valence-electron chi connectivity index (χ2n) is 4.95. The summed E-state index contributed by atoms with van der Waals surface area (Å²) in [6, 6.07) is 7.18. The van der Waals surface area contributed by atoms with Crippen molar-refractivity contribution in [1.29, 1.82) is 5.26 Å². The Morgan fingerprint density at radius 1 is 1.52 bits per heavy atom. The molecule has 0 saturated carbocycles. The van der Waals surface area contributed by atoms with Gasteiger partial charge in [-0.25, -0.2) is 9.67 Å². The smallest absolute Gasteiger partial charge is 0.163 e. The van der Waals surface area contributed by atoms with Gasteiger partial charge in [-0.3, -0.25) is 0 Å². The molecule has 1 aliphatic heterocycles. The first-order chi connectivity index (χ1) is 10.1. The molecule has 7 heteroatoms. The van der Waals surface area contributed by atoms with E-state index in [9.17, 15) is 5.11 Å². The summed E-state index contributed by atoms with van der Waals surface area (Å²) in [5.41, 5.74) is 1.89. The van der Waals surface area contributed by atoms with Gasteiger partial charge in [-0.2, -0.15) is 10.4 Å². The van der Waals surface area contributed by atoms with Crippen LogP contribution >= 0.6 is 11.6 Å². The van der Waals surface area contributed by atoms with Gasteiger partial charge in [0.25, 0.3) is 0 Å². The molecular formula is C14H13ClN4O2. The van der Waals surface area contributed by atoms with Crippen molar-refractivity contribution in [3.8, 4) is 11.9 Å². The van der Waals surface area contributed by atoms with Crippen molar-refractivity contribution in [3.63, 3.8) is 0 Å².